The van der Waals surface area contributed by atoms with Gasteiger partial charge in [-0.25, -0.2) is 0 Å². The number of aliphatic hydroxyl groups excluding tert-OH is 1. The molecule has 0 aliphatic carbocycles. The van der Waals surface area contributed by atoms with Gasteiger partial charge in [0.1, 0.15) is 6.10 Å². The quantitative estimate of drug-likeness (QED) is 0.617. The molecule has 3 heteroatoms. The topological polar surface area (TPSA) is 38.7 Å². The van der Waals surface area contributed by atoms with Crippen LogP contribution in [0.1, 0.15) is 19.8 Å². The summed E-state index contributed by atoms with van der Waals surface area (Å²) in [5.41, 5.74) is 0. The maximum atomic E-state index is 9.25. The van der Waals surface area contributed by atoms with Crippen molar-refractivity contribution in [2.24, 2.45) is 0 Å². The minimum Gasteiger partial charge on any atom is -0.388 e. The Morgan fingerprint density at radius 2 is 2.50 bits per heavy atom. The van der Waals surface area contributed by atoms with Crippen molar-refractivity contribution in [2.75, 3.05) is 13.2 Å². The van der Waals surface area contributed by atoms with Crippen LogP contribution >= 0.6 is 0 Å². The van der Waals surface area contributed by atoms with Crippen LogP contribution in [0.2, 0.25) is 0 Å². The third-order valence-corrected chi connectivity index (χ3v) is 1.57. The Labute approximate surface area is 60.9 Å². The van der Waals surface area contributed by atoms with Crippen LogP contribution in [0, 0.1) is 0 Å². The van der Waals surface area contributed by atoms with Crippen molar-refractivity contribution >= 4 is 0 Å². The third kappa shape index (κ3) is 1.94. The molecule has 1 N–H and O–H groups in total. The Morgan fingerprint density at radius 1 is 1.70 bits per heavy atom. The number of aliphatic hydroxyl groups is 1. The molecule has 1 aliphatic rings. The Balaban J connectivity index is 2.25. The van der Waals surface area contributed by atoms with Gasteiger partial charge in [-0.15, -0.1) is 0 Å². The second-order valence-electron chi connectivity index (χ2n) is 2.40. The van der Waals surface area contributed by atoms with Crippen LogP contribution < -0.4 is 0 Å². The van der Waals surface area contributed by atoms with Gasteiger partial charge in [-0.3, -0.25) is 0 Å². The van der Waals surface area contributed by atoms with Crippen LogP contribution in [0.4, 0.5) is 0 Å². The summed E-state index contributed by atoms with van der Waals surface area (Å²) in [7, 11) is 0. The van der Waals surface area contributed by atoms with E-state index in [2.05, 4.69) is 0 Å². The summed E-state index contributed by atoms with van der Waals surface area (Å²) >= 11 is 0. The van der Waals surface area contributed by atoms with Crippen LogP contribution in [-0.4, -0.2) is 30.7 Å². The Morgan fingerprint density at radius 3 is 3.10 bits per heavy atom. The summed E-state index contributed by atoms with van der Waals surface area (Å²) in [6.07, 6.45) is 0.933. The number of hydrogen-bond donors (Lipinski definition) is 1. The van der Waals surface area contributed by atoms with E-state index in [0.29, 0.717) is 13.2 Å². The molecule has 2 unspecified atom stereocenters. The first-order chi connectivity index (χ1) is 4.84. The summed E-state index contributed by atoms with van der Waals surface area (Å²) in [5.74, 6) is 0. The van der Waals surface area contributed by atoms with Gasteiger partial charge >= 0.3 is 0 Å². The highest BCUT2D eigenvalue weighted by Crippen LogP contribution is 2.14. The summed E-state index contributed by atoms with van der Waals surface area (Å²) in [6.45, 7) is 3.20. The average molecular weight is 146 g/mol. The van der Waals surface area contributed by atoms with E-state index in [9.17, 15) is 5.11 Å². The monoisotopic (exact) mass is 146 g/mol. The van der Waals surface area contributed by atoms with Gasteiger partial charge in [-0.2, -0.15) is 0 Å². The van der Waals surface area contributed by atoms with Gasteiger partial charge < -0.3 is 14.6 Å². The summed E-state index contributed by atoms with van der Waals surface area (Å²) in [6, 6.07) is 0. The van der Waals surface area contributed by atoms with Crippen LogP contribution in [0.25, 0.3) is 0 Å². The molecule has 0 saturated carbocycles. The minimum atomic E-state index is -0.423. The molecule has 1 rings (SSSR count). The van der Waals surface area contributed by atoms with Gasteiger partial charge in [-0.05, 0) is 19.8 Å². The lowest BCUT2D eigenvalue weighted by Crippen LogP contribution is -2.36. The number of rotatable bonds is 2. The Hall–Kier alpha value is -0.120. The van der Waals surface area contributed by atoms with Crippen molar-refractivity contribution in [3.63, 3.8) is 0 Å². The molecule has 0 radical (unpaired) electrons. The second-order valence-corrected chi connectivity index (χ2v) is 2.40. The van der Waals surface area contributed by atoms with Gasteiger partial charge in [0.2, 0.25) is 0 Å². The summed E-state index contributed by atoms with van der Waals surface area (Å²) in [5, 5.41) is 9.25. The molecule has 1 fully saturated rings. The van der Waals surface area contributed by atoms with E-state index in [1.54, 1.807) is 0 Å². The lowest BCUT2D eigenvalue weighted by atomic mass is 10.1. The van der Waals surface area contributed by atoms with E-state index in [4.69, 9.17) is 9.47 Å². The zero-order valence-electron chi connectivity index (χ0n) is 6.25. The van der Waals surface area contributed by atoms with Crippen LogP contribution in [0.15, 0.2) is 0 Å². The van der Waals surface area contributed by atoms with Crippen molar-refractivity contribution in [3.8, 4) is 0 Å². The molecular formula is C7H14O3. The smallest absolute Gasteiger partial charge is 0.183 e. The molecular weight excluding hydrogens is 132 g/mol. The molecule has 3 nitrogen and oxygen atoms in total. The molecule has 60 valence electrons. The van der Waals surface area contributed by atoms with Gasteiger partial charge in [0, 0.05) is 13.2 Å². The van der Waals surface area contributed by atoms with Crippen LogP contribution in [0.5, 0.6) is 0 Å². The molecule has 0 amide bonds. The normalized spacial score (nSPS) is 34.2. The largest absolute Gasteiger partial charge is 0.388 e. The predicted octanol–water partition coefficient (Wildman–Crippen LogP) is 0.520. The molecule has 0 spiro atoms. The van der Waals surface area contributed by atoms with Crippen LogP contribution in [-0.2, 0) is 9.47 Å². The van der Waals surface area contributed by atoms with Crippen molar-refractivity contribution in [1.82, 2.24) is 0 Å². The average Bonchev–Trinajstić information content (AvgIpc) is 1.94. The fourth-order valence-electron chi connectivity index (χ4n) is 1.06. The number of hydrogen-bond acceptors (Lipinski definition) is 3. The fraction of sp³-hybridized carbons (Fsp3) is 1.00. The van der Waals surface area contributed by atoms with Gasteiger partial charge in [0.25, 0.3) is 0 Å². The van der Waals surface area contributed by atoms with Gasteiger partial charge in [-0.1, -0.05) is 0 Å². The second kappa shape index (κ2) is 3.91. The summed E-state index contributed by atoms with van der Waals surface area (Å²) in [4.78, 5) is 0. The molecule has 1 saturated heterocycles. The first-order valence-electron chi connectivity index (χ1n) is 3.76. The standard InChI is InChI=1S/C7H14O3/c1-2-9-7-6(8)4-3-5-10-7/h6-8H,2-5H2,1H3. The maximum Gasteiger partial charge on any atom is 0.183 e. The molecule has 1 aliphatic heterocycles. The minimum absolute atomic E-state index is 0.376. The van der Waals surface area contributed by atoms with E-state index in [0.717, 1.165) is 12.8 Å². The SMILES string of the molecule is CCOC1OCCCC1O. The Kier molecular flexibility index (Phi) is 3.12. The van der Waals surface area contributed by atoms with Gasteiger partial charge in [0.05, 0.1) is 0 Å². The molecule has 2 atom stereocenters. The molecule has 0 bridgehead atoms. The molecule has 0 aromatic rings. The van der Waals surface area contributed by atoms with E-state index >= 15 is 0 Å². The van der Waals surface area contributed by atoms with Crippen molar-refractivity contribution in [1.29, 1.82) is 0 Å². The summed E-state index contributed by atoms with van der Waals surface area (Å²) < 4.78 is 10.3. The lowest BCUT2D eigenvalue weighted by molar-refractivity contribution is -0.212. The van der Waals surface area contributed by atoms with Gasteiger partial charge in [0.15, 0.2) is 6.29 Å². The zero-order valence-corrected chi connectivity index (χ0v) is 6.25. The highest BCUT2D eigenvalue weighted by Gasteiger charge is 2.23. The molecule has 0 aromatic carbocycles. The maximum absolute atomic E-state index is 9.25. The first-order valence-corrected chi connectivity index (χ1v) is 3.76. The highest BCUT2D eigenvalue weighted by atomic mass is 16.7. The third-order valence-electron chi connectivity index (χ3n) is 1.57. The van der Waals surface area contributed by atoms with E-state index in [1.807, 2.05) is 6.92 Å². The lowest BCUT2D eigenvalue weighted by Gasteiger charge is -2.27. The van der Waals surface area contributed by atoms with E-state index in [1.165, 1.54) is 0 Å². The Bertz CT molecular complexity index is 92.9. The first kappa shape index (κ1) is 7.98. The molecule has 1 heterocycles. The molecule has 0 aromatic heterocycles. The van der Waals surface area contributed by atoms with Crippen molar-refractivity contribution in [3.05, 3.63) is 0 Å². The van der Waals surface area contributed by atoms with E-state index in [-0.39, 0.29) is 6.29 Å². The van der Waals surface area contributed by atoms with Crippen molar-refractivity contribution in [2.45, 2.75) is 32.2 Å². The number of ether oxygens (including phenoxy) is 2. The van der Waals surface area contributed by atoms with E-state index < -0.39 is 6.10 Å². The predicted molar refractivity (Wildman–Crippen MR) is 36.6 cm³/mol. The fourth-order valence-corrected chi connectivity index (χ4v) is 1.06. The highest BCUT2D eigenvalue weighted by molar-refractivity contribution is 4.64. The van der Waals surface area contributed by atoms with Crippen LogP contribution in [0.3, 0.4) is 0 Å². The molecule has 10 heavy (non-hydrogen) atoms. The van der Waals surface area contributed by atoms with Crippen molar-refractivity contribution < 1.29 is 14.6 Å². The zero-order chi connectivity index (χ0) is 7.40.